The van der Waals surface area contributed by atoms with Gasteiger partial charge in [-0.3, -0.25) is 4.79 Å². The molecule has 0 radical (unpaired) electrons. The fourth-order valence-electron chi connectivity index (χ4n) is 4.87. The summed E-state index contributed by atoms with van der Waals surface area (Å²) in [5, 5.41) is 5.66. The Hall–Kier alpha value is -3.53. The Morgan fingerprint density at radius 3 is 2.44 bits per heavy atom. The first-order valence-corrected chi connectivity index (χ1v) is 12.6. The highest BCUT2D eigenvalue weighted by molar-refractivity contribution is 5.89. The second-order valence-electron chi connectivity index (χ2n) is 9.25. The number of ether oxygens (including phenoxy) is 2. The van der Waals surface area contributed by atoms with Gasteiger partial charge in [-0.25, -0.2) is 19.4 Å². The molecule has 0 atom stereocenters. The van der Waals surface area contributed by atoms with Crippen LogP contribution in [0.4, 0.5) is 10.6 Å². The molecule has 2 aliphatic rings. The van der Waals surface area contributed by atoms with E-state index in [9.17, 15) is 9.59 Å². The van der Waals surface area contributed by atoms with Crippen LogP contribution in [-0.4, -0.2) is 83.0 Å². The van der Waals surface area contributed by atoms with E-state index < -0.39 is 0 Å². The molecule has 0 unspecified atom stereocenters. The molecule has 2 fully saturated rings. The number of methoxy groups -OCH3 is 1. The Morgan fingerprint density at radius 1 is 1.06 bits per heavy atom. The summed E-state index contributed by atoms with van der Waals surface area (Å²) in [4.78, 5) is 37.7. The number of likely N-dealkylation sites (tertiary alicyclic amines) is 1. The van der Waals surface area contributed by atoms with Crippen LogP contribution in [0.15, 0.2) is 30.5 Å². The van der Waals surface area contributed by atoms with Crippen LogP contribution in [0.25, 0.3) is 22.4 Å². The number of fused-ring (bicyclic) bond motifs is 1. The fraction of sp³-hybridized carbons (Fsp3) is 0.500. The number of Topliss-reactive ketones (excluding diaryl/α,β-unsaturated/α-hetero) is 1. The van der Waals surface area contributed by atoms with Gasteiger partial charge < -0.3 is 19.3 Å². The van der Waals surface area contributed by atoms with E-state index in [1.807, 2.05) is 42.1 Å². The Bertz CT molecular complexity index is 1230. The van der Waals surface area contributed by atoms with E-state index in [4.69, 9.17) is 24.5 Å². The van der Waals surface area contributed by atoms with Gasteiger partial charge in [0.05, 0.1) is 37.9 Å². The molecular formula is C26H32N6O4. The number of ketones is 1. The van der Waals surface area contributed by atoms with Gasteiger partial charge in [0.15, 0.2) is 11.5 Å². The highest BCUT2D eigenvalue weighted by Crippen LogP contribution is 2.32. The number of anilines is 1. The van der Waals surface area contributed by atoms with Gasteiger partial charge in [0.25, 0.3) is 0 Å². The van der Waals surface area contributed by atoms with Crippen molar-refractivity contribution in [3.8, 4) is 11.4 Å². The number of aromatic nitrogens is 4. The van der Waals surface area contributed by atoms with Crippen molar-refractivity contribution in [3.05, 3.63) is 36.0 Å². The van der Waals surface area contributed by atoms with Crippen LogP contribution in [0.2, 0.25) is 0 Å². The molecule has 0 bridgehead atoms. The van der Waals surface area contributed by atoms with Gasteiger partial charge in [0, 0.05) is 44.6 Å². The van der Waals surface area contributed by atoms with E-state index in [0.717, 1.165) is 53.9 Å². The third kappa shape index (κ3) is 4.90. The number of morpholine rings is 1. The maximum atomic E-state index is 11.9. The lowest BCUT2D eigenvalue weighted by atomic mass is 10.0. The molecule has 0 aliphatic carbocycles. The lowest BCUT2D eigenvalue weighted by Gasteiger charge is -2.31. The maximum Gasteiger partial charge on any atom is 0.409 e. The monoisotopic (exact) mass is 492 g/mol. The molecule has 1 aromatic carbocycles. The minimum absolute atomic E-state index is 0.131. The van der Waals surface area contributed by atoms with Crippen LogP contribution in [0.5, 0.6) is 0 Å². The molecule has 1 amide bonds. The lowest BCUT2D eigenvalue weighted by molar-refractivity contribution is -0.118. The molecule has 3 aromatic rings. The first-order valence-electron chi connectivity index (χ1n) is 12.6. The predicted octanol–water partition coefficient (Wildman–Crippen LogP) is 3.25. The molecule has 2 aliphatic heterocycles. The molecule has 5 rings (SSSR count). The second kappa shape index (κ2) is 10.6. The topological polar surface area (TPSA) is 103 Å². The molecule has 2 saturated heterocycles. The summed E-state index contributed by atoms with van der Waals surface area (Å²) in [7, 11) is 1.41. The van der Waals surface area contributed by atoms with Gasteiger partial charge in [0.2, 0.25) is 0 Å². The second-order valence-corrected chi connectivity index (χ2v) is 9.25. The van der Waals surface area contributed by atoms with E-state index >= 15 is 0 Å². The zero-order valence-electron chi connectivity index (χ0n) is 20.9. The van der Waals surface area contributed by atoms with Crippen molar-refractivity contribution >= 4 is 28.7 Å². The summed E-state index contributed by atoms with van der Waals surface area (Å²) < 4.78 is 12.4. The number of carbonyl (C=O) groups excluding carboxylic acids is 2. The summed E-state index contributed by atoms with van der Waals surface area (Å²) in [6.07, 6.45) is 4.09. The molecule has 0 saturated carbocycles. The molecule has 10 nitrogen and oxygen atoms in total. The summed E-state index contributed by atoms with van der Waals surface area (Å²) in [6.45, 7) is 5.94. The summed E-state index contributed by atoms with van der Waals surface area (Å²) in [5.74, 6) is 1.71. The SMILES string of the molecule is CCC(=O)Cc1ccc(-c2nc(N3CCOCC3)c3cnn(C4CCN(C(=O)OC)CC4)c3n2)cc1. The van der Waals surface area contributed by atoms with Gasteiger partial charge in [-0.1, -0.05) is 31.2 Å². The number of hydrogen-bond donors (Lipinski definition) is 0. The van der Waals surface area contributed by atoms with Gasteiger partial charge in [0.1, 0.15) is 11.6 Å². The number of hydrogen-bond acceptors (Lipinski definition) is 8. The average Bonchev–Trinajstić information content (AvgIpc) is 3.37. The third-order valence-electron chi connectivity index (χ3n) is 7.00. The van der Waals surface area contributed by atoms with Crippen molar-refractivity contribution in [1.29, 1.82) is 0 Å². The van der Waals surface area contributed by atoms with Crippen LogP contribution in [0.3, 0.4) is 0 Å². The zero-order valence-corrected chi connectivity index (χ0v) is 20.9. The van der Waals surface area contributed by atoms with Gasteiger partial charge >= 0.3 is 6.09 Å². The minimum atomic E-state index is -0.290. The average molecular weight is 493 g/mol. The van der Waals surface area contributed by atoms with Crippen molar-refractivity contribution in [2.24, 2.45) is 0 Å². The Kier molecular flexibility index (Phi) is 7.13. The fourth-order valence-corrected chi connectivity index (χ4v) is 4.87. The standard InChI is InChI=1S/C26H32N6O4/c1-3-21(33)16-18-4-6-19(7-5-18)23-28-24(30-12-14-36-15-13-30)22-17-27-32(25(22)29-23)20-8-10-31(11-9-20)26(34)35-2/h4-7,17,20H,3,8-16H2,1-2H3. The van der Waals surface area contributed by atoms with Crippen molar-refractivity contribution in [1.82, 2.24) is 24.6 Å². The third-order valence-corrected chi connectivity index (χ3v) is 7.00. The smallest absolute Gasteiger partial charge is 0.409 e. The van der Waals surface area contributed by atoms with E-state index in [0.29, 0.717) is 45.0 Å². The van der Waals surface area contributed by atoms with Crippen molar-refractivity contribution < 1.29 is 19.1 Å². The highest BCUT2D eigenvalue weighted by Gasteiger charge is 2.28. The van der Waals surface area contributed by atoms with Crippen LogP contribution in [-0.2, 0) is 20.7 Å². The molecule has 0 spiro atoms. The quantitative estimate of drug-likeness (QED) is 0.517. The van der Waals surface area contributed by atoms with E-state index in [2.05, 4.69) is 4.90 Å². The summed E-state index contributed by atoms with van der Waals surface area (Å²) in [6, 6.07) is 8.05. The van der Waals surface area contributed by atoms with Crippen LogP contribution < -0.4 is 4.90 Å². The molecular weight excluding hydrogens is 460 g/mol. The number of amides is 1. The Morgan fingerprint density at radius 2 is 1.78 bits per heavy atom. The van der Waals surface area contributed by atoms with Gasteiger partial charge in [-0.05, 0) is 18.4 Å². The Balaban J connectivity index is 1.50. The van der Waals surface area contributed by atoms with E-state index in [1.54, 1.807) is 4.90 Å². The van der Waals surface area contributed by atoms with Crippen molar-refractivity contribution in [3.63, 3.8) is 0 Å². The highest BCUT2D eigenvalue weighted by atomic mass is 16.5. The molecule has 2 aromatic heterocycles. The molecule has 10 heteroatoms. The molecule has 36 heavy (non-hydrogen) atoms. The predicted molar refractivity (Wildman–Crippen MR) is 135 cm³/mol. The molecule has 4 heterocycles. The van der Waals surface area contributed by atoms with E-state index in [1.165, 1.54) is 7.11 Å². The number of carbonyl (C=O) groups is 2. The lowest BCUT2D eigenvalue weighted by Crippen LogP contribution is -2.39. The molecule has 0 N–H and O–H groups in total. The van der Waals surface area contributed by atoms with E-state index in [-0.39, 0.29) is 17.9 Å². The zero-order chi connectivity index (χ0) is 25.1. The number of rotatable bonds is 6. The van der Waals surface area contributed by atoms with Gasteiger partial charge in [-0.15, -0.1) is 0 Å². The van der Waals surface area contributed by atoms with Crippen LogP contribution >= 0.6 is 0 Å². The first-order chi connectivity index (χ1) is 17.6. The molecule has 190 valence electrons. The largest absolute Gasteiger partial charge is 0.453 e. The van der Waals surface area contributed by atoms with Crippen LogP contribution in [0, 0.1) is 0 Å². The van der Waals surface area contributed by atoms with Crippen molar-refractivity contribution in [2.75, 3.05) is 51.4 Å². The summed E-state index contributed by atoms with van der Waals surface area (Å²) >= 11 is 0. The summed E-state index contributed by atoms with van der Waals surface area (Å²) in [5.41, 5.74) is 2.68. The normalized spacial score (nSPS) is 16.9. The van der Waals surface area contributed by atoms with Gasteiger partial charge in [-0.2, -0.15) is 5.10 Å². The number of nitrogens with zero attached hydrogens (tertiary/aromatic N) is 6. The Labute approximate surface area is 210 Å². The van der Waals surface area contributed by atoms with Crippen molar-refractivity contribution in [2.45, 2.75) is 38.6 Å². The first kappa shape index (κ1) is 24.2. The number of piperidine rings is 1. The maximum absolute atomic E-state index is 11.9. The minimum Gasteiger partial charge on any atom is -0.453 e. The van der Waals surface area contributed by atoms with Crippen LogP contribution in [0.1, 0.15) is 37.8 Å². The number of benzene rings is 1.